The Labute approximate surface area is 134 Å². The van der Waals surface area contributed by atoms with Gasteiger partial charge in [-0.25, -0.2) is 9.48 Å². The van der Waals surface area contributed by atoms with E-state index in [4.69, 9.17) is 4.74 Å². The van der Waals surface area contributed by atoms with Crippen LogP contribution in [0.5, 0.6) is 0 Å². The molecule has 3 rings (SSSR count). The van der Waals surface area contributed by atoms with Gasteiger partial charge in [0, 0.05) is 19.1 Å². The predicted octanol–water partition coefficient (Wildman–Crippen LogP) is 0.141. The molecule has 0 bridgehead atoms. The van der Waals surface area contributed by atoms with Gasteiger partial charge < -0.3 is 9.64 Å². The number of piperidine rings is 1. The molecule has 2 saturated heterocycles. The molecule has 0 radical (unpaired) electrons. The van der Waals surface area contributed by atoms with Crippen LogP contribution in [0.25, 0.3) is 0 Å². The van der Waals surface area contributed by atoms with Crippen molar-refractivity contribution in [2.45, 2.75) is 45.3 Å². The van der Waals surface area contributed by atoms with Gasteiger partial charge in [0.2, 0.25) is 5.91 Å². The molecule has 1 unspecified atom stereocenters. The van der Waals surface area contributed by atoms with Crippen LogP contribution in [-0.2, 0) is 16.1 Å². The Kier molecular flexibility index (Phi) is 4.44. The maximum atomic E-state index is 12.2. The topological polar surface area (TPSA) is 93.5 Å². The Bertz CT molecular complexity index is 553. The van der Waals surface area contributed by atoms with Gasteiger partial charge in [-0.2, -0.15) is 0 Å². The monoisotopic (exact) mass is 322 g/mol. The highest BCUT2D eigenvalue weighted by Gasteiger charge is 2.41. The van der Waals surface area contributed by atoms with E-state index in [9.17, 15) is 9.59 Å². The molecule has 1 atom stereocenters. The molecule has 2 amide bonds. The smallest absolute Gasteiger partial charge is 0.410 e. The van der Waals surface area contributed by atoms with Crippen LogP contribution in [0.1, 0.15) is 26.7 Å². The van der Waals surface area contributed by atoms with Crippen molar-refractivity contribution in [2.24, 2.45) is 5.92 Å². The number of amides is 2. The van der Waals surface area contributed by atoms with Crippen molar-refractivity contribution < 1.29 is 14.3 Å². The van der Waals surface area contributed by atoms with E-state index in [-0.39, 0.29) is 30.6 Å². The normalized spacial score (nSPS) is 22.7. The predicted molar refractivity (Wildman–Crippen MR) is 79.2 cm³/mol. The van der Waals surface area contributed by atoms with Crippen LogP contribution in [0.2, 0.25) is 0 Å². The zero-order valence-electron chi connectivity index (χ0n) is 13.5. The van der Waals surface area contributed by atoms with E-state index >= 15 is 0 Å². The summed E-state index contributed by atoms with van der Waals surface area (Å²) in [4.78, 5) is 27.9. The molecule has 2 aliphatic rings. The number of aromatic nitrogens is 4. The summed E-state index contributed by atoms with van der Waals surface area (Å²) in [7, 11) is 0. The van der Waals surface area contributed by atoms with Crippen molar-refractivity contribution in [3.8, 4) is 0 Å². The standard InChI is InChI=1S/C14H22N6O3/c1-10(2)12-8-23-14(22)20(12)11-3-5-18(6-4-11)13(21)7-19-9-15-16-17-19/h9-12H,3-8H2,1-2H3. The third kappa shape index (κ3) is 3.27. The Morgan fingerprint density at radius 2 is 2.13 bits per heavy atom. The third-order valence-corrected chi connectivity index (χ3v) is 4.61. The van der Waals surface area contributed by atoms with E-state index in [2.05, 4.69) is 29.4 Å². The first kappa shape index (κ1) is 15.7. The molecule has 0 spiro atoms. The maximum Gasteiger partial charge on any atom is 0.410 e. The Balaban J connectivity index is 1.55. The molecule has 1 aromatic heterocycles. The van der Waals surface area contributed by atoms with Gasteiger partial charge >= 0.3 is 6.09 Å². The summed E-state index contributed by atoms with van der Waals surface area (Å²) in [5, 5.41) is 10.7. The SMILES string of the molecule is CC(C)C1COC(=O)N1C1CCN(C(=O)Cn2cnnn2)CC1. The zero-order chi connectivity index (χ0) is 16.4. The molecule has 126 valence electrons. The van der Waals surface area contributed by atoms with Gasteiger partial charge in [0.15, 0.2) is 0 Å². The van der Waals surface area contributed by atoms with Crippen molar-refractivity contribution in [1.29, 1.82) is 0 Å². The summed E-state index contributed by atoms with van der Waals surface area (Å²) >= 11 is 0. The molecule has 3 heterocycles. The highest BCUT2D eigenvalue weighted by atomic mass is 16.6. The molecule has 2 fully saturated rings. The van der Waals surface area contributed by atoms with Crippen LogP contribution in [0.15, 0.2) is 6.33 Å². The van der Waals surface area contributed by atoms with Gasteiger partial charge in [0.25, 0.3) is 0 Å². The highest BCUT2D eigenvalue weighted by Crippen LogP contribution is 2.27. The molecular weight excluding hydrogens is 300 g/mol. The summed E-state index contributed by atoms with van der Waals surface area (Å²) < 4.78 is 6.64. The van der Waals surface area contributed by atoms with E-state index in [1.54, 1.807) is 0 Å². The highest BCUT2D eigenvalue weighted by molar-refractivity contribution is 5.76. The first-order chi connectivity index (χ1) is 11.1. The lowest BCUT2D eigenvalue weighted by molar-refractivity contribution is -0.133. The van der Waals surface area contributed by atoms with E-state index < -0.39 is 0 Å². The van der Waals surface area contributed by atoms with Crippen molar-refractivity contribution in [3.63, 3.8) is 0 Å². The molecule has 0 N–H and O–H groups in total. The maximum absolute atomic E-state index is 12.2. The molecular formula is C14H22N6O3. The minimum Gasteiger partial charge on any atom is -0.447 e. The zero-order valence-corrected chi connectivity index (χ0v) is 13.5. The quantitative estimate of drug-likeness (QED) is 0.783. The minimum absolute atomic E-state index is 0.000146. The third-order valence-electron chi connectivity index (χ3n) is 4.61. The van der Waals surface area contributed by atoms with Gasteiger partial charge in [-0.1, -0.05) is 13.8 Å². The number of likely N-dealkylation sites (tertiary alicyclic amines) is 1. The fraction of sp³-hybridized carbons (Fsp3) is 0.786. The second-order valence-corrected chi connectivity index (χ2v) is 6.41. The average molecular weight is 322 g/mol. The van der Waals surface area contributed by atoms with E-state index in [0.717, 1.165) is 12.8 Å². The lowest BCUT2D eigenvalue weighted by Gasteiger charge is -2.38. The fourth-order valence-corrected chi connectivity index (χ4v) is 3.27. The van der Waals surface area contributed by atoms with E-state index in [1.165, 1.54) is 11.0 Å². The van der Waals surface area contributed by atoms with Crippen LogP contribution < -0.4 is 0 Å². The summed E-state index contributed by atoms with van der Waals surface area (Å²) in [6, 6.07) is 0.283. The summed E-state index contributed by atoms with van der Waals surface area (Å²) in [5.74, 6) is 0.362. The van der Waals surface area contributed by atoms with Gasteiger partial charge in [0.1, 0.15) is 19.5 Å². The van der Waals surface area contributed by atoms with Gasteiger partial charge in [-0.15, -0.1) is 5.10 Å². The number of carbonyl (C=O) groups is 2. The number of carbonyl (C=O) groups excluding carboxylic acids is 2. The molecule has 2 aliphatic heterocycles. The van der Waals surface area contributed by atoms with Gasteiger partial charge in [-0.3, -0.25) is 9.69 Å². The number of ether oxygens (including phenoxy) is 1. The molecule has 9 heteroatoms. The minimum atomic E-state index is -0.220. The van der Waals surface area contributed by atoms with Crippen LogP contribution in [0, 0.1) is 5.92 Å². The van der Waals surface area contributed by atoms with Gasteiger partial charge in [0.05, 0.1) is 6.04 Å². The largest absolute Gasteiger partial charge is 0.447 e. The average Bonchev–Trinajstić information content (AvgIpc) is 3.17. The van der Waals surface area contributed by atoms with Crippen LogP contribution in [-0.4, -0.2) is 73.8 Å². The number of tetrazole rings is 1. The first-order valence-electron chi connectivity index (χ1n) is 8.00. The molecule has 0 aliphatic carbocycles. The Morgan fingerprint density at radius 3 is 2.74 bits per heavy atom. The van der Waals surface area contributed by atoms with Crippen molar-refractivity contribution >= 4 is 12.0 Å². The van der Waals surface area contributed by atoms with Crippen molar-refractivity contribution in [3.05, 3.63) is 6.33 Å². The Morgan fingerprint density at radius 1 is 1.39 bits per heavy atom. The molecule has 23 heavy (non-hydrogen) atoms. The number of nitrogens with zero attached hydrogens (tertiary/aromatic N) is 6. The molecule has 0 saturated carbocycles. The summed E-state index contributed by atoms with van der Waals surface area (Å²) in [6.07, 6.45) is 2.76. The number of cyclic esters (lactones) is 1. The van der Waals surface area contributed by atoms with E-state index in [1.807, 2.05) is 9.80 Å². The fourth-order valence-electron chi connectivity index (χ4n) is 3.27. The summed E-state index contributed by atoms with van der Waals surface area (Å²) in [6.45, 7) is 6.10. The second-order valence-electron chi connectivity index (χ2n) is 6.41. The molecule has 9 nitrogen and oxygen atoms in total. The van der Waals surface area contributed by atoms with Gasteiger partial charge in [-0.05, 0) is 29.2 Å². The first-order valence-corrected chi connectivity index (χ1v) is 8.00. The number of rotatable bonds is 4. The Hall–Kier alpha value is -2.19. The van der Waals surface area contributed by atoms with Crippen LogP contribution in [0.3, 0.4) is 0 Å². The number of hydrogen-bond acceptors (Lipinski definition) is 6. The second kappa shape index (κ2) is 6.51. The summed E-state index contributed by atoms with van der Waals surface area (Å²) in [5.41, 5.74) is 0. The van der Waals surface area contributed by atoms with Crippen LogP contribution in [0.4, 0.5) is 4.79 Å². The molecule has 1 aromatic rings. The lowest BCUT2D eigenvalue weighted by atomic mass is 9.97. The van der Waals surface area contributed by atoms with Crippen LogP contribution >= 0.6 is 0 Å². The molecule has 0 aromatic carbocycles. The van der Waals surface area contributed by atoms with Crippen molar-refractivity contribution in [2.75, 3.05) is 19.7 Å². The van der Waals surface area contributed by atoms with Crippen molar-refractivity contribution in [1.82, 2.24) is 30.0 Å². The van der Waals surface area contributed by atoms with E-state index in [0.29, 0.717) is 25.6 Å². The number of hydrogen-bond donors (Lipinski definition) is 0. The lowest BCUT2D eigenvalue weighted by Crippen LogP contribution is -2.51.